The van der Waals surface area contributed by atoms with Crippen molar-refractivity contribution in [2.75, 3.05) is 57.6 Å². The van der Waals surface area contributed by atoms with Crippen LogP contribution in [0.15, 0.2) is 24.8 Å². The molecule has 25 heavy (non-hydrogen) atoms. The van der Waals surface area contributed by atoms with Crippen molar-refractivity contribution in [2.45, 2.75) is 25.3 Å². The second-order valence-electron chi connectivity index (χ2n) is 7.20. The molecule has 2 aromatic heterocycles. The van der Waals surface area contributed by atoms with Crippen LogP contribution in [-0.2, 0) is 6.54 Å². The van der Waals surface area contributed by atoms with Crippen LogP contribution in [0.25, 0.3) is 0 Å². The van der Waals surface area contributed by atoms with Crippen LogP contribution >= 0.6 is 0 Å². The van der Waals surface area contributed by atoms with E-state index in [1.807, 2.05) is 31.4 Å². The topological polar surface area (TPSA) is 53.3 Å². The zero-order valence-corrected chi connectivity index (χ0v) is 15.8. The van der Waals surface area contributed by atoms with Crippen LogP contribution in [0.5, 0.6) is 0 Å². The Morgan fingerprint density at radius 2 is 2.04 bits per heavy atom. The minimum atomic E-state index is 0.440. The summed E-state index contributed by atoms with van der Waals surface area (Å²) in [4.78, 5) is 20.3. The number of anilines is 2. The molecule has 7 nitrogen and oxygen atoms in total. The third kappa shape index (κ3) is 4.28. The molecular weight excluding hydrogens is 314 g/mol. The summed E-state index contributed by atoms with van der Waals surface area (Å²) in [7, 11) is 8.20. The summed E-state index contributed by atoms with van der Waals surface area (Å²) in [5.41, 5.74) is 0. The molecule has 1 aliphatic rings. The number of hydrogen-bond acceptors (Lipinski definition) is 6. The Balaban J connectivity index is 1.74. The number of likely N-dealkylation sites (N-methyl/N-ethyl adjacent to an activating group) is 1. The van der Waals surface area contributed by atoms with Crippen molar-refractivity contribution in [2.24, 2.45) is 0 Å². The molecule has 136 valence electrons. The number of nitrogens with zero attached hydrogens (tertiary/aromatic N) is 7. The van der Waals surface area contributed by atoms with Crippen LogP contribution in [0.3, 0.4) is 0 Å². The Kier molecular flexibility index (Phi) is 5.53. The van der Waals surface area contributed by atoms with E-state index in [0.717, 1.165) is 44.2 Å². The van der Waals surface area contributed by atoms with E-state index < -0.39 is 0 Å². The average Bonchev–Trinajstić information content (AvgIpc) is 3.09. The molecule has 0 N–H and O–H groups in total. The first kappa shape index (κ1) is 17.7. The van der Waals surface area contributed by atoms with Crippen molar-refractivity contribution >= 4 is 11.6 Å². The molecule has 1 saturated heterocycles. The molecule has 1 unspecified atom stereocenters. The van der Waals surface area contributed by atoms with E-state index in [-0.39, 0.29) is 0 Å². The largest absolute Gasteiger partial charge is 0.361 e. The molecule has 3 rings (SSSR count). The van der Waals surface area contributed by atoms with Gasteiger partial charge in [-0.05, 0) is 26.9 Å². The molecule has 0 saturated carbocycles. The lowest BCUT2D eigenvalue weighted by atomic mass is 9.97. The number of imidazole rings is 1. The van der Waals surface area contributed by atoms with E-state index in [9.17, 15) is 0 Å². The summed E-state index contributed by atoms with van der Waals surface area (Å²) in [5, 5.41) is 0. The van der Waals surface area contributed by atoms with Gasteiger partial charge in [-0.2, -0.15) is 0 Å². The van der Waals surface area contributed by atoms with Gasteiger partial charge in [-0.3, -0.25) is 4.98 Å². The maximum Gasteiger partial charge on any atom is 0.149 e. The van der Waals surface area contributed by atoms with Gasteiger partial charge in [0.05, 0.1) is 12.4 Å². The highest BCUT2D eigenvalue weighted by atomic mass is 15.2. The van der Waals surface area contributed by atoms with Gasteiger partial charge >= 0.3 is 0 Å². The lowest BCUT2D eigenvalue weighted by Crippen LogP contribution is -2.36. The lowest BCUT2D eigenvalue weighted by molar-refractivity contribution is 0.373. The Hall–Kier alpha value is -2.15. The van der Waals surface area contributed by atoms with Crippen LogP contribution < -0.4 is 9.80 Å². The van der Waals surface area contributed by atoms with Crippen LogP contribution in [0, 0.1) is 0 Å². The van der Waals surface area contributed by atoms with E-state index in [1.165, 1.54) is 12.2 Å². The van der Waals surface area contributed by atoms with E-state index in [2.05, 4.69) is 44.6 Å². The first-order chi connectivity index (χ1) is 12.0. The maximum atomic E-state index is 4.75. The van der Waals surface area contributed by atoms with Gasteiger partial charge in [-0.1, -0.05) is 0 Å². The minimum Gasteiger partial charge on any atom is -0.361 e. The van der Waals surface area contributed by atoms with E-state index in [4.69, 9.17) is 4.98 Å². The summed E-state index contributed by atoms with van der Waals surface area (Å²) in [6, 6.07) is 0. The highest BCUT2D eigenvalue weighted by Crippen LogP contribution is 2.28. The average molecular weight is 343 g/mol. The molecule has 1 atom stereocenters. The SMILES string of the molecule is CN(C)CCn1ccnc1C1CCCN(c2cncc(N(C)C)n2)C1. The second-order valence-corrected chi connectivity index (χ2v) is 7.20. The zero-order chi connectivity index (χ0) is 17.8. The summed E-state index contributed by atoms with van der Waals surface area (Å²) in [6.45, 7) is 3.98. The molecule has 0 aromatic carbocycles. The molecule has 1 aliphatic heterocycles. The van der Waals surface area contributed by atoms with Gasteiger partial charge < -0.3 is 19.3 Å². The predicted molar refractivity (Wildman–Crippen MR) is 101 cm³/mol. The summed E-state index contributed by atoms with van der Waals surface area (Å²) >= 11 is 0. The minimum absolute atomic E-state index is 0.440. The van der Waals surface area contributed by atoms with Crippen LogP contribution in [0.2, 0.25) is 0 Å². The zero-order valence-electron chi connectivity index (χ0n) is 15.8. The van der Waals surface area contributed by atoms with Crippen molar-refractivity contribution < 1.29 is 0 Å². The van der Waals surface area contributed by atoms with E-state index >= 15 is 0 Å². The third-order valence-corrected chi connectivity index (χ3v) is 4.71. The lowest BCUT2D eigenvalue weighted by Gasteiger charge is -2.33. The van der Waals surface area contributed by atoms with Gasteiger partial charge in [0.15, 0.2) is 0 Å². The van der Waals surface area contributed by atoms with Crippen LogP contribution in [-0.4, -0.2) is 72.2 Å². The smallest absolute Gasteiger partial charge is 0.149 e. The van der Waals surface area contributed by atoms with Crippen LogP contribution in [0.1, 0.15) is 24.6 Å². The van der Waals surface area contributed by atoms with Gasteiger partial charge in [-0.25, -0.2) is 9.97 Å². The maximum absolute atomic E-state index is 4.75. The van der Waals surface area contributed by atoms with E-state index in [1.54, 1.807) is 6.20 Å². The second kappa shape index (κ2) is 7.82. The summed E-state index contributed by atoms with van der Waals surface area (Å²) in [5.74, 6) is 3.49. The van der Waals surface area contributed by atoms with Crippen molar-refractivity contribution in [1.82, 2.24) is 24.4 Å². The van der Waals surface area contributed by atoms with Gasteiger partial charge in [0.1, 0.15) is 17.5 Å². The van der Waals surface area contributed by atoms with Gasteiger partial charge in [0, 0.05) is 58.6 Å². The predicted octanol–water partition coefficient (Wildman–Crippen LogP) is 1.68. The standard InChI is InChI=1S/C18H29N7/c1-22(2)10-11-24-9-7-20-18(24)15-6-5-8-25(14-15)17-13-19-12-16(21-17)23(3)4/h7,9,12-13,15H,5-6,8,10-11,14H2,1-4H3. The number of aromatic nitrogens is 4. The molecule has 3 heterocycles. The third-order valence-electron chi connectivity index (χ3n) is 4.71. The fraction of sp³-hybridized carbons (Fsp3) is 0.611. The van der Waals surface area contributed by atoms with Gasteiger partial charge in [0.2, 0.25) is 0 Å². The normalized spacial score (nSPS) is 18.0. The van der Waals surface area contributed by atoms with Gasteiger partial charge in [-0.15, -0.1) is 0 Å². The number of rotatable bonds is 6. The Morgan fingerprint density at radius 1 is 1.20 bits per heavy atom. The fourth-order valence-electron chi connectivity index (χ4n) is 3.29. The number of hydrogen-bond donors (Lipinski definition) is 0. The highest BCUT2D eigenvalue weighted by Gasteiger charge is 2.25. The fourth-order valence-corrected chi connectivity index (χ4v) is 3.29. The molecule has 0 spiro atoms. The van der Waals surface area contributed by atoms with Crippen LogP contribution in [0.4, 0.5) is 11.6 Å². The molecule has 1 fully saturated rings. The quantitative estimate of drug-likeness (QED) is 0.795. The Bertz CT molecular complexity index is 680. The Morgan fingerprint density at radius 3 is 2.80 bits per heavy atom. The van der Waals surface area contributed by atoms with Crippen molar-refractivity contribution in [3.8, 4) is 0 Å². The highest BCUT2D eigenvalue weighted by molar-refractivity contribution is 5.45. The number of piperidine rings is 1. The molecule has 0 bridgehead atoms. The van der Waals surface area contributed by atoms with Crippen molar-refractivity contribution in [3.63, 3.8) is 0 Å². The first-order valence-electron chi connectivity index (χ1n) is 8.94. The molecular formula is C18H29N7. The molecule has 0 radical (unpaired) electrons. The van der Waals surface area contributed by atoms with Gasteiger partial charge in [0.25, 0.3) is 0 Å². The molecule has 0 amide bonds. The van der Waals surface area contributed by atoms with E-state index in [0.29, 0.717) is 5.92 Å². The monoisotopic (exact) mass is 343 g/mol. The molecule has 7 heteroatoms. The summed E-state index contributed by atoms with van der Waals surface area (Å²) < 4.78 is 2.30. The summed E-state index contributed by atoms with van der Waals surface area (Å²) in [6.07, 6.45) is 10.0. The molecule has 2 aromatic rings. The Labute approximate surface area is 150 Å². The molecule has 0 aliphatic carbocycles. The van der Waals surface area contributed by atoms with Crippen molar-refractivity contribution in [3.05, 3.63) is 30.6 Å². The van der Waals surface area contributed by atoms with Crippen molar-refractivity contribution in [1.29, 1.82) is 0 Å². The first-order valence-corrected chi connectivity index (χ1v) is 8.94.